The molecule has 0 unspecified atom stereocenters. The van der Waals surface area contributed by atoms with Gasteiger partial charge >= 0.3 is 0 Å². The van der Waals surface area contributed by atoms with Gasteiger partial charge in [0.05, 0.1) is 5.29 Å². The molecule has 1 N–H and O–H groups in total. The summed E-state index contributed by atoms with van der Waals surface area (Å²) in [5.74, 6) is -0.0650. The Morgan fingerprint density at radius 1 is 1.20 bits per heavy atom. The number of aryl methyl sites for hydroxylation is 1. The van der Waals surface area contributed by atoms with Gasteiger partial charge in [-0.3, -0.25) is 4.79 Å². The number of hydrazone groups is 1. The number of carbonyl (C=O) groups excluding carboxylic acids is 1. The van der Waals surface area contributed by atoms with E-state index in [1.54, 1.807) is 0 Å². The van der Waals surface area contributed by atoms with Crippen molar-refractivity contribution in [2.75, 3.05) is 0 Å². The van der Waals surface area contributed by atoms with Crippen LogP contribution in [0.4, 0.5) is 0 Å². The summed E-state index contributed by atoms with van der Waals surface area (Å²) in [4.78, 5) is 21.4. The van der Waals surface area contributed by atoms with E-state index in [4.69, 9.17) is 0 Å². The summed E-state index contributed by atoms with van der Waals surface area (Å²) in [5.41, 5.74) is 4.07. The summed E-state index contributed by atoms with van der Waals surface area (Å²) in [5, 5.41) is 6.06. The summed E-state index contributed by atoms with van der Waals surface area (Å²) < 4.78 is 0. The van der Waals surface area contributed by atoms with Crippen molar-refractivity contribution in [1.29, 1.82) is 0 Å². The molecule has 0 spiro atoms. The van der Waals surface area contributed by atoms with Crippen LogP contribution in [-0.2, 0) is 11.2 Å². The summed E-state index contributed by atoms with van der Waals surface area (Å²) in [6.45, 7) is 0. The number of fused-ring (bicyclic) bond motifs is 1. The number of rotatable bonds is 2. The minimum absolute atomic E-state index is 0.0650. The van der Waals surface area contributed by atoms with Crippen LogP contribution in [0.3, 0.4) is 0 Å². The monoisotopic (exact) mass is 203 g/mol. The maximum absolute atomic E-state index is 11.5. The number of hydrogen-bond acceptors (Lipinski definition) is 4. The summed E-state index contributed by atoms with van der Waals surface area (Å²) in [6.07, 6.45) is 1.15. The van der Waals surface area contributed by atoms with Gasteiger partial charge in [0.1, 0.15) is 5.71 Å². The van der Waals surface area contributed by atoms with Gasteiger partial charge in [0, 0.05) is 12.0 Å². The molecule has 0 fully saturated rings. The van der Waals surface area contributed by atoms with Crippen molar-refractivity contribution in [2.24, 2.45) is 10.4 Å². The van der Waals surface area contributed by atoms with E-state index in [-0.39, 0.29) is 11.5 Å². The van der Waals surface area contributed by atoms with Crippen molar-refractivity contribution >= 4 is 11.5 Å². The summed E-state index contributed by atoms with van der Waals surface area (Å²) >= 11 is 0. The normalized spacial score (nSPS) is 17.3. The van der Waals surface area contributed by atoms with E-state index in [0.29, 0.717) is 6.42 Å². The summed E-state index contributed by atoms with van der Waals surface area (Å²) in [7, 11) is 0. The summed E-state index contributed by atoms with van der Waals surface area (Å²) in [6, 6.07) is 7.52. The fraction of sp³-hybridized carbons (Fsp3) is 0.200. The molecule has 1 aromatic carbocycles. The van der Waals surface area contributed by atoms with E-state index in [9.17, 15) is 9.70 Å². The molecule has 1 aromatic rings. The molecular weight excluding hydrogens is 194 g/mol. The van der Waals surface area contributed by atoms with Gasteiger partial charge in [0.15, 0.2) is 5.78 Å². The van der Waals surface area contributed by atoms with Gasteiger partial charge in [-0.2, -0.15) is 10.6 Å². The molecule has 0 amide bonds. The number of nitrogens with one attached hydrogen (secondary N) is 1. The molecule has 0 heterocycles. The van der Waals surface area contributed by atoms with E-state index in [0.717, 1.165) is 17.5 Å². The zero-order valence-electron chi connectivity index (χ0n) is 7.93. The average molecular weight is 203 g/mol. The highest BCUT2D eigenvalue weighted by Gasteiger charge is 2.22. The molecule has 1 aliphatic carbocycles. The standard InChI is InChI=1S/C10H9N3O2/c14-9-6-5-7-3-1-2-4-8(7)10(9)11-12-13-15/h1-4H,5-6H2,(H,12,15)/b11-10-. The average Bonchev–Trinajstić information content (AvgIpc) is 2.28. The molecule has 0 bridgehead atoms. The number of nitrogens with zero attached hydrogens (tertiary/aromatic N) is 2. The third-order valence-electron chi connectivity index (χ3n) is 2.36. The fourth-order valence-corrected chi connectivity index (χ4v) is 1.68. The van der Waals surface area contributed by atoms with Crippen LogP contribution >= 0.6 is 0 Å². The number of hydrogen-bond donors (Lipinski definition) is 1. The topological polar surface area (TPSA) is 70.9 Å². The van der Waals surface area contributed by atoms with Gasteiger partial charge in [0.25, 0.3) is 0 Å². The van der Waals surface area contributed by atoms with Gasteiger partial charge < -0.3 is 0 Å². The van der Waals surface area contributed by atoms with E-state index in [1.165, 1.54) is 0 Å². The number of benzene rings is 1. The lowest BCUT2D eigenvalue weighted by molar-refractivity contribution is -0.113. The Bertz CT molecular complexity index is 440. The zero-order chi connectivity index (χ0) is 10.7. The van der Waals surface area contributed by atoms with Gasteiger partial charge in [0.2, 0.25) is 0 Å². The second kappa shape index (κ2) is 4.00. The fourth-order valence-electron chi connectivity index (χ4n) is 1.68. The number of carbonyl (C=O) groups is 1. The third-order valence-corrected chi connectivity index (χ3v) is 2.36. The van der Waals surface area contributed by atoms with Gasteiger partial charge in [-0.15, -0.1) is 4.91 Å². The van der Waals surface area contributed by atoms with Gasteiger partial charge in [-0.05, 0) is 12.0 Å². The first-order valence-corrected chi connectivity index (χ1v) is 4.59. The van der Waals surface area contributed by atoms with E-state index < -0.39 is 0 Å². The minimum Gasteiger partial charge on any atom is -0.292 e. The lowest BCUT2D eigenvalue weighted by Gasteiger charge is -2.15. The van der Waals surface area contributed by atoms with Crippen molar-refractivity contribution in [3.05, 3.63) is 40.3 Å². The highest BCUT2D eigenvalue weighted by Crippen LogP contribution is 2.18. The molecule has 5 heteroatoms. The molecule has 2 rings (SSSR count). The van der Waals surface area contributed by atoms with Gasteiger partial charge in [-0.25, -0.2) is 0 Å². The van der Waals surface area contributed by atoms with E-state index >= 15 is 0 Å². The van der Waals surface area contributed by atoms with Crippen LogP contribution in [0.25, 0.3) is 0 Å². The van der Waals surface area contributed by atoms with E-state index in [1.807, 2.05) is 29.8 Å². The predicted molar refractivity (Wildman–Crippen MR) is 55.2 cm³/mol. The first kappa shape index (κ1) is 9.51. The van der Waals surface area contributed by atoms with Crippen molar-refractivity contribution in [2.45, 2.75) is 12.8 Å². The molecule has 0 radical (unpaired) electrons. The number of Topliss-reactive ketones (excluding diaryl/α,β-unsaturated/α-hetero) is 1. The number of ketones is 1. The highest BCUT2D eigenvalue weighted by molar-refractivity contribution is 6.47. The molecule has 0 aliphatic heterocycles. The Morgan fingerprint density at radius 3 is 2.80 bits per heavy atom. The van der Waals surface area contributed by atoms with Crippen LogP contribution in [0.15, 0.2) is 34.7 Å². The van der Waals surface area contributed by atoms with Crippen LogP contribution < -0.4 is 5.53 Å². The first-order valence-electron chi connectivity index (χ1n) is 4.59. The van der Waals surface area contributed by atoms with Crippen molar-refractivity contribution in [1.82, 2.24) is 5.53 Å². The Labute approximate surface area is 86.1 Å². The molecule has 76 valence electrons. The molecule has 0 saturated carbocycles. The van der Waals surface area contributed by atoms with E-state index in [2.05, 4.69) is 10.4 Å². The largest absolute Gasteiger partial charge is 0.292 e. The highest BCUT2D eigenvalue weighted by atomic mass is 16.3. The number of nitroso groups, excluding NO2 is 1. The van der Waals surface area contributed by atoms with Gasteiger partial charge in [-0.1, -0.05) is 24.3 Å². The quantitative estimate of drug-likeness (QED) is 0.579. The van der Waals surface area contributed by atoms with Crippen molar-refractivity contribution in [3.63, 3.8) is 0 Å². The lowest BCUT2D eigenvalue weighted by Crippen LogP contribution is -2.24. The Morgan fingerprint density at radius 2 is 2.00 bits per heavy atom. The molecule has 0 saturated heterocycles. The zero-order valence-corrected chi connectivity index (χ0v) is 7.93. The maximum Gasteiger partial charge on any atom is 0.184 e. The second-order valence-corrected chi connectivity index (χ2v) is 3.23. The van der Waals surface area contributed by atoms with Crippen LogP contribution in [0.5, 0.6) is 0 Å². The second-order valence-electron chi connectivity index (χ2n) is 3.23. The maximum atomic E-state index is 11.5. The molecular formula is C10H9N3O2. The van der Waals surface area contributed by atoms with Crippen LogP contribution in [0, 0.1) is 4.91 Å². The van der Waals surface area contributed by atoms with Crippen molar-refractivity contribution in [3.8, 4) is 0 Å². The molecule has 0 atom stereocenters. The first-order chi connectivity index (χ1) is 7.33. The van der Waals surface area contributed by atoms with Crippen LogP contribution in [-0.4, -0.2) is 11.5 Å². The Hall–Kier alpha value is -2.04. The van der Waals surface area contributed by atoms with Crippen LogP contribution in [0.2, 0.25) is 0 Å². The van der Waals surface area contributed by atoms with Crippen molar-refractivity contribution < 1.29 is 4.79 Å². The third kappa shape index (κ3) is 1.76. The Balaban J connectivity index is 2.45. The lowest BCUT2D eigenvalue weighted by atomic mass is 9.89. The SMILES string of the molecule is O=NN/N=C1\C(=O)CCc2ccccc21. The molecule has 15 heavy (non-hydrogen) atoms. The minimum atomic E-state index is -0.0650. The molecule has 1 aliphatic rings. The smallest absolute Gasteiger partial charge is 0.184 e. The Kier molecular flexibility index (Phi) is 2.53. The molecule has 5 nitrogen and oxygen atoms in total. The predicted octanol–water partition coefficient (Wildman–Crippen LogP) is 1.18. The van der Waals surface area contributed by atoms with Crippen LogP contribution in [0.1, 0.15) is 17.5 Å². The molecule has 0 aromatic heterocycles.